The van der Waals surface area contributed by atoms with Gasteiger partial charge in [-0.15, -0.1) is 0 Å². The first-order valence-corrected chi connectivity index (χ1v) is 7.10. The second kappa shape index (κ2) is 6.62. The molecule has 0 aromatic heterocycles. The molecule has 19 heavy (non-hydrogen) atoms. The van der Waals surface area contributed by atoms with Gasteiger partial charge in [-0.1, -0.05) is 53.0 Å². The Bertz CT molecular complexity index is 552. The van der Waals surface area contributed by atoms with Crippen LogP contribution < -0.4 is 5.32 Å². The predicted octanol–water partition coefficient (Wildman–Crippen LogP) is 5.15. The van der Waals surface area contributed by atoms with Gasteiger partial charge in [0.05, 0.1) is 10.0 Å². The molecule has 4 heteroatoms. The molecular weight excluding hydrogens is 301 g/mol. The third-order valence-corrected chi connectivity index (χ3v) is 4.04. The molecule has 1 atom stereocenters. The smallest absolute Gasteiger partial charge is 0.0595 e. The Labute approximate surface area is 128 Å². The summed E-state index contributed by atoms with van der Waals surface area (Å²) in [7, 11) is 1.93. The van der Waals surface area contributed by atoms with E-state index in [1.165, 1.54) is 5.56 Å². The highest BCUT2D eigenvalue weighted by molar-refractivity contribution is 6.42. The number of rotatable bonds is 4. The molecule has 0 radical (unpaired) electrons. The average molecular weight is 315 g/mol. The molecule has 1 nitrogen and oxygen atoms in total. The summed E-state index contributed by atoms with van der Waals surface area (Å²) in [4.78, 5) is 0. The lowest BCUT2D eigenvalue weighted by Gasteiger charge is -2.17. The van der Waals surface area contributed by atoms with Gasteiger partial charge >= 0.3 is 0 Å². The van der Waals surface area contributed by atoms with Crippen molar-refractivity contribution in [2.45, 2.75) is 12.5 Å². The predicted molar refractivity (Wildman–Crippen MR) is 83.4 cm³/mol. The summed E-state index contributed by atoms with van der Waals surface area (Å²) in [6, 6.07) is 13.8. The van der Waals surface area contributed by atoms with Gasteiger partial charge in [-0.25, -0.2) is 0 Å². The van der Waals surface area contributed by atoms with Crippen molar-refractivity contribution in [3.8, 4) is 0 Å². The fourth-order valence-electron chi connectivity index (χ4n) is 1.97. The van der Waals surface area contributed by atoms with Gasteiger partial charge in [0.25, 0.3) is 0 Å². The van der Waals surface area contributed by atoms with Crippen LogP contribution in [0.15, 0.2) is 42.5 Å². The molecule has 2 aromatic carbocycles. The summed E-state index contributed by atoms with van der Waals surface area (Å²) in [6.45, 7) is 0. The molecule has 2 rings (SSSR count). The minimum absolute atomic E-state index is 0.191. The van der Waals surface area contributed by atoms with Crippen LogP contribution in [0, 0.1) is 0 Å². The highest BCUT2D eigenvalue weighted by Crippen LogP contribution is 2.27. The van der Waals surface area contributed by atoms with Crippen molar-refractivity contribution in [1.29, 1.82) is 0 Å². The molecule has 0 spiro atoms. The van der Waals surface area contributed by atoms with Crippen LogP contribution in [-0.2, 0) is 6.42 Å². The van der Waals surface area contributed by atoms with Crippen molar-refractivity contribution in [1.82, 2.24) is 5.32 Å². The molecule has 100 valence electrons. The number of likely N-dealkylation sites (N-methyl/N-ethyl adjacent to an activating group) is 1. The molecule has 0 saturated heterocycles. The molecule has 0 aliphatic carbocycles. The van der Waals surface area contributed by atoms with Crippen LogP contribution in [0.5, 0.6) is 0 Å². The van der Waals surface area contributed by atoms with Gasteiger partial charge in [0.2, 0.25) is 0 Å². The van der Waals surface area contributed by atoms with Gasteiger partial charge in [0, 0.05) is 11.1 Å². The third kappa shape index (κ3) is 3.87. The lowest BCUT2D eigenvalue weighted by molar-refractivity contribution is 0.592. The van der Waals surface area contributed by atoms with E-state index in [1.54, 1.807) is 0 Å². The molecule has 0 aliphatic rings. The summed E-state index contributed by atoms with van der Waals surface area (Å²) >= 11 is 17.9. The Morgan fingerprint density at radius 2 is 1.63 bits per heavy atom. The maximum absolute atomic E-state index is 6.06. The number of hydrogen-bond acceptors (Lipinski definition) is 1. The molecule has 0 aliphatic heterocycles. The summed E-state index contributed by atoms with van der Waals surface area (Å²) in [5, 5.41) is 5.20. The summed E-state index contributed by atoms with van der Waals surface area (Å²) in [6.07, 6.45) is 0.867. The highest BCUT2D eigenvalue weighted by atomic mass is 35.5. The second-order valence-corrected chi connectivity index (χ2v) is 5.60. The first-order valence-electron chi connectivity index (χ1n) is 5.97. The van der Waals surface area contributed by atoms with Crippen molar-refractivity contribution in [3.05, 3.63) is 68.7 Å². The van der Waals surface area contributed by atoms with Crippen molar-refractivity contribution in [2.24, 2.45) is 0 Å². The van der Waals surface area contributed by atoms with Crippen molar-refractivity contribution < 1.29 is 0 Å². The molecule has 0 heterocycles. The number of benzene rings is 2. The average Bonchev–Trinajstić information content (AvgIpc) is 2.41. The molecule has 0 bridgehead atoms. The minimum atomic E-state index is 0.191. The molecular formula is C15H14Cl3N. The van der Waals surface area contributed by atoms with Crippen molar-refractivity contribution in [2.75, 3.05) is 7.05 Å². The summed E-state index contributed by atoms with van der Waals surface area (Å²) in [5.74, 6) is 0. The van der Waals surface area contributed by atoms with Gasteiger partial charge in [-0.05, 0) is 48.9 Å². The van der Waals surface area contributed by atoms with Gasteiger partial charge in [-0.3, -0.25) is 0 Å². The second-order valence-electron chi connectivity index (χ2n) is 4.35. The first-order chi connectivity index (χ1) is 9.10. The van der Waals surface area contributed by atoms with Crippen molar-refractivity contribution in [3.63, 3.8) is 0 Å². The normalized spacial score (nSPS) is 12.4. The quantitative estimate of drug-likeness (QED) is 0.823. The Morgan fingerprint density at radius 1 is 0.947 bits per heavy atom. The van der Waals surface area contributed by atoms with Crippen molar-refractivity contribution >= 4 is 34.8 Å². The maximum Gasteiger partial charge on any atom is 0.0595 e. The maximum atomic E-state index is 6.06. The Kier molecular flexibility index (Phi) is 5.12. The minimum Gasteiger partial charge on any atom is -0.313 e. The zero-order valence-corrected chi connectivity index (χ0v) is 12.7. The first kappa shape index (κ1) is 14.7. The van der Waals surface area contributed by atoms with Gasteiger partial charge in [0.15, 0.2) is 0 Å². The Hall–Kier alpha value is -0.730. The lowest BCUT2D eigenvalue weighted by Crippen LogP contribution is -2.18. The molecule has 0 amide bonds. The van der Waals surface area contributed by atoms with E-state index in [0.717, 1.165) is 17.0 Å². The molecule has 1 unspecified atom stereocenters. The van der Waals surface area contributed by atoms with E-state index in [2.05, 4.69) is 5.32 Å². The molecule has 2 aromatic rings. The number of halogens is 3. The van der Waals surface area contributed by atoms with E-state index in [9.17, 15) is 0 Å². The molecule has 1 N–H and O–H groups in total. The van der Waals surface area contributed by atoms with E-state index in [-0.39, 0.29) is 6.04 Å². The van der Waals surface area contributed by atoms with Crippen LogP contribution >= 0.6 is 34.8 Å². The number of nitrogens with one attached hydrogen (secondary N) is 1. The van der Waals surface area contributed by atoms with Crippen LogP contribution in [0.1, 0.15) is 17.2 Å². The summed E-state index contributed by atoms with van der Waals surface area (Å²) < 4.78 is 0. The van der Waals surface area contributed by atoms with Crippen LogP contribution in [-0.4, -0.2) is 7.05 Å². The SMILES string of the molecule is CNC(Cc1ccc(Cl)cc1)c1ccc(Cl)c(Cl)c1. The Balaban J connectivity index is 2.19. The zero-order valence-electron chi connectivity index (χ0n) is 10.5. The van der Waals surface area contributed by atoms with Crippen LogP contribution in [0.3, 0.4) is 0 Å². The van der Waals surface area contributed by atoms with Crippen LogP contribution in [0.2, 0.25) is 15.1 Å². The fourth-order valence-corrected chi connectivity index (χ4v) is 2.40. The largest absolute Gasteiger partial charge is 0.313 e. The Morgan fingerprint density at radius 3 is 2.21 bits per heavy atom. The third-order valence-electron chi connectivity index (χ3n) is 3.05. The molecule has 0 fully saturated rings. The van der Waals surface area contributed by atoms with E-state index in [1.807, 2.05) is 49.5 Å². The van der Waals surface area contributed by atoms with E-state index in [0.29, 0.717) is 10.0 Å². The summed E-state index contributed by atoms with van der Waals surface area (Å²) in [5.41, 5.74) is 2.33. The van der Waals surface area contributed by atoms with E-state index in [4.69, 9.17) is 34.8 Å². The van der Waals surface area contributed by atoms with Gasteiger partial charge < -0.3 is 5.32 Å². The van der Waals surface area contributed by atoms with Crippen LogP contribution in [0.25, 0.3) is 0 Å². The zero-order chi connectivity index (χ0) is 13.8. The van der Waals surface area contributed by atoms with Gasteiger partial charge in [-0.2, -0.15) is 0 Å². The van der Waals surface area contributed by atoms with E-state index >= 15 is 0 Å². The molecule has 0 saturated carbocycles. The fraction of sp³-hybridized carbons (Fsp3) is 0.200. The van der Waals surface area contributed by atoms with Gasteiger partial charge in [0.1, 0.15) is 0 Å². The standard InChI is InChI=1S/C15H14Cl3N/c1-19-15(8-10-2-5-12(16)6-3-10)11-4-7-13(17)14(18)9-11/h2-7,9,15,19H,8H2,1H3. The lowest BCUT2D eigenvalue weighted by atomic mass is 9.99. The topological polar surface area (TPSA) is 12.0 Å². The highest BCUT2D eigenvalue weighted by Gasteiger charge is 2.11. The van der Waals surface area contributed by atoms with Crippen LogP contribution in [0.4, 0.5) is 0 Å². The monoisotopic (exact) mass is 313 g/mol. The number of hydrogen-bond donors (Lipinski definition) is 1. The van der Waals surface area contributed by atoms with E-state index < -0.39 is 0 Å².